The lowest BCUT2D eigenvalue weighted by atomic mass is 10.1. The number of likely N-dealkylation sites (N-methyl/N-ethyl adjacent to an activating group) is 1. The summed E-state index contributed by atoms with van der Waals surface area (Å²) in [4.78, 5) is 17.2. The lowest BCUT2D eigenvalue weighted by molar-refractivity contribution is -0.115. The second-order valence-electron chi connectivity index (χ2n) is 5.20. The molecule has 0 saturated carbocycles. The van der Waals surface area contributed by atoms with Crippen LogP contribution in [0.3, 0.4) is 0 Å². The van der Waals surface area contributed by atoms with Gasteiger partial charge in [-0.25, -0.2) is 0 Å². The highest BCUT2D eigenvalue weighted by Gasteiger charge is 2.23. The summed E-state index contributed by atoms with van der Waals surface area (Å²) in [6, 6.07) is 8.22. The number of para-hydroxylation sites is 1. The van der Waals surface area contributed by atoms with Gasteiger partial charge in [0.05, 0.1) is 4.91 Å². The second-order valence-corrected chi connectivity index (χ2v) is 6.92. The number of carbonyl (C=O) groups excluding carboxylic acids is 1. The van der Waals surface area contributed by atoms with Crippen LogP contribution >= 0.6 is 24.0 Å². The zero-order valence-electron chi connectivity index (χ0n) is 11.8. The van der Waals surface area contributed by atoms with E-state index in [4.69, 9.17) is 12.2 Å². The minimum atomic E-state index is -0.0989. The Balaban J connectivity index is 1.88. The van der Waals surface area contributed by atoms with E-state index in [9.17, 15) is 4.79 Å². The fraction of sp³-hybridized carbons (Fsp3) is 0.333. The number of amides is 1. The molecule has 2 saturated heterocycles. The van der Waals surface area contributed by atoms with Crippen LogP contribution in [-0.4, -0.2) is 48.4 Å². The van der Waals surface area contributed by atoms with E-state index >= 15 is 0 Å². The number of piperazine rings is 1. The van der Waals surface area contributed by atoms with Crippen molar-refractivity contribution in [3.63, 3.8) is 0 Å². The van der Waals surface area contributed by atoms with Crippen LogP contribution in [0.15, 0.2) is 29.2 Å². The Labute approximate surface area is 134 Å². The van der Waals surface area contributed by atoms with E-state index in [2.05, 4.69) is 34.3 Å². The van der Waals surface area contributed by atoms with Crippen molar-refractivity contribution in [1.82, 2.24) is 10.2 Å². The van der Waals surface area contributed by atoms with Crippen molar-refractivity contribution in [2.75, 3.05) is 38.1 Å². The molecule has 0 radical (unpaired) electrons. The molecule has 0 atom stereocenters. The lowest BCUT2D eigenvalue weighted by Gasteiger charge is -2.34. The molecule has 0 aromatic heterocycles. The number of benzene rings is 1. The third kappa shape index (κ3) is 3.28. The highest BCUT2D eigenvalue weighted by atomic mass is 32.2. The SMILES string of the molecule is CN1CCN(c2ccccc2C=C2SC(=S)NC2=O)CC1. The van der Waals surface area contributed by atoms with E-state index in [0.717, 1.165) is 31.7 Å². The number of anilines is 1. The molecule has 6 heteroatoms. The summed E-state index contributed by atoms with van der Waals surface area (Å²) in [5.74, 6) is -0.0989. The number of carbonyl (C=O) groups is 1. The van der Waals surface area contributed by atoms with Crippen molar-refractivity contribution in [1.29, 1.82) is 0 Å². The molecular weight excluding hydrogens is 302 g/mol. The van der Waals surface area contributed by atoms with Crippen LogP contribution in [0, 0.1) is 0 Å². The van der Waals surface area contributed by atoms with Crippen molar-refractivity contribution in [3.8, 4) is 0 Å². The third-order valence-corrected chi connectivity index (χ3v) is 4.87. The molecule has 2 aliphatic rings. The van der Waals surface area contributed by atoms with Crippen molar-refractivity contribution < 1.29 is 4.79 Å². The predicted octanol–water partition coefficient (Wildman–Crippen LogP) is 1.93. The molecule has 1 N–H and O–H groups in total. The quantitative estimate of drug-likeness (QED) is 0.666. The molecule has 1 amide bonds. The molecule has 0 aliphatic carbocycles. The number of hydrogen-bond acceptors (Lipinski definition) is 5. The first kappa shape index (κ1) is 14.6. The van der Waals surface area contributed by atoms with Gasteiger partial charge in [0.2, 0.25) is 0 Å². The molecule has 21 heavy (non-hydrogen) atoms. The van der Waals surface area contributed by atoms with Crippen molar-refractivity contribution in [2.24, 2.45) is 0 Å². The van der Waals surface area contributed by atoms with Gasteiger partial charge in [-0.15, -0.1) is 0 Å². The minimum Gasteiger partial charge on any atom is -0.368 e. The van der Waals surface area contributed by atoms with Crippen LogP contribution < -0.4 is 10.2 Å². The summed E-state index contributed by atoms with van der Waals surface area (Å²) in [6.45, 7) is 4.14. The molecule has 4 nitrogen and oxygen atoms in total. The Morgan fingerprint density at radius 2 is 1.95 bits per heavy atom. The second kappa shape index (κ2) is 6.17. The normalized spacial score (nSPS) is 22.0. The smallest absolute Gasteiger partial charge is 0.263 e. The van der Waals surface area contributed by atoms with E-state index in [1.807, 2.05) is 18.2 Å². The number of rotatable bonds is 2. The summed E-state index contributed by atoms with van der Waals surface area (Å²) in [5.41, 5.74) is 2.26. The van der Waals surface area contributed by atoms with Crippen LogP contribution in [0.1, 0.15) is 5.56 Å². The first-order valence-electron chi connectivity index (χ1n) is 6.91. The summed E-state index contributed by atoms with van der Waals surface area (Å²) >= 11 is 6.36. The molecule has 2 fully saturated rings. The summed E-state index contributed by atoms with van der Waals surface area (Å²) < 4.78 is 0.531. The number of thioether (sulfide) groups is 1. The Morgan fingerprint density at radius 1 is 1.24 bits per heavy atom. The molecule has 2 aliphatic heterocycles. The number of nitrogens with zero attached hydrogens (tertiary/aromatic N) is 2. The average molecular weight is 319 g/mol. The molecule has 0 bridgehead atoms. The van der Waals surface area contributed by atoms with Gasteiger partial charge in [0.15, 0.2) is 0 Å². The van der Waals surface area contributed by atoms with Gasteiger partial charge in [-0.1, -0.05) is 42.2 Å². The predicted molar refractivity (Wildman–Crippen MR) is 92.5 cm³/mol. The first-order chi connectivity index (χ1) is 10.1. The van der Waals surface area contributed by atoms with Gasteiger partial charge in [0.25, 0.3) is 5.91 Å². The monoisotopic (exact) mass is 319 g/mol. The minimum absolute atomic E-state index is 0.0989. The van der Waals surface area contributed by atoms with E-state index < -0.39 is 0 Å². The van der Waals surface area contributed by atoms with Crippen LogP contribution in [-0.2, 0) is 4.79 Å². The Bertz CT molecular complexity index is 607. The third-order valence-electron chi connectivity index (χ3n) is 3.71. The summed E-state index contributed by atoms with van der Waals surface area (Å²) in [5, 5.41) is 2.66. The van der Waals surface area contributed by atoms with E-state index in [1.165, 1.54) is 17.4 Å². The number of thiocarbonyl (C=S) groups is 1. The standard InChI is InChI=1S/C15H17N3OS2/c1-17-6-8-18(9-7-17)12-5-3-2-4-11(12)10-13-14(19)16-15(20)21-13/h2-5,10H,6-9H2,1H3,(H,16,19,20). The van der Waals surface area contributed by atoms with Crippen LogP contribution in [0.2, 0.25) is 0 Å². The molecule has 0 unspecified atom stereocenters. The van der Waals surface area contributed by atoms with Crippen LogP contribution in [0.25, 0.3) is 6.08 Å². The van der Waals surface area contributed by atoms with Crippen LogP contribution in [0.5, 0.6) is 0 Å². The zero-order chi connectivity index (χ0) is 14.8. The van der Waals surface area contributed by atoms with Crippen molar-refractivity contribution in [2.45, 2.75) is 0 Å². The maximum Gasteiger partial charge on any atom is 0.263 e. The van der Waals surface area contributed by atoms with E-state index in [-0.39, 0.29) is 5.91 Å². The zero-order valence-corrected chi connectivity index (χ0v) is 13.5. The molecule has 1 aromatic rings. The topological polar surface area (TPSA) is 35.6 Å². The number of hydrogen-bond donors (Lipinski definition) is 1. The Kier molecular flexibility index (Phi) is 4.28. The van der Waals surface area contributed by atoms with E-state index in [1.54, 1.807) is 0 Å². The maximum atomic E-state index is 11.8. The summed E-state index contributed by atoms with van der Waals surface area (Å²) in [6.07, 6.45) is 1.94. The molecular formula is C15H17N3OS2. The molecule has 1 aromatic carbocycles. The lowest BCUT2D eigenvalue weighted by Crippen LogP contribution is -2.44. The van der Waals surface area contributed by atoms with Gasteiger partial charge in [0, 0.05) is 31.9 Å². The van der Waals surface area contributed by atoms with Gasteiger partial charge < -0.3 is 15.1 Å². The fourth-order valence-electron chi connectivity index (χ4n) is 2.51. The maximum absolute atomic E-state index is 11.8. The first-order valence-corrected chi connectivity index (χ1v) is 8.13. The Hall–Kier alpha value is -1.37. The van der Waals surface area contributed by atoms with Gasteiger partial charge in [0.1, 0.15) is 4.32 Å². The summed E-state index contributed by atoms with van der Waals surface area (Å²) in [7, 11) is 2.14. The van der Waals surface area contributed by atoms with E-state index in [0.29, 0.717) is 9.23 Å². The molecule has 2 heterocycles. The molecule has 0 spiro atoms. The van der Waals surface area contributed by atoms with Gasteiger partial charge in [-0.2, -0.15) is 0 Å². The van der Waals surface area contributed by atoms with Crippen molar-refractivity contribution >= 4 is 46.0 Å². The van der Waals surface area contributed by atoms with Crippen LogP contribution in [0.4, 0.5) is 5.69 Å². The van der Waals surface area contributed by atoms with Crippen molar-refractivity contribution in [3.05, 3.63) is 34.7 Å². The van der Waals surface area contributed by atoms with Gasteiger partial charge in [-0.05, 0) is 24.8 Å². The average Bonchev–Trinajstić information content (AvgIpc) is 2.79. The fourth-order valence-corrected chi connectivity index (χ4v) is 3.54. The highest BCUT2D eigenvalue weighted by molar-refractivity contribution is 8.26. The number of nitrogens with one attached hydrogen (secondary N) is 1. The van der Waals surface area contributed by atoms with Gasteiger partial charge in [-0.3, -0.25) is 4.79 Å². The Morgan fingerprint density at radius 3 is 2.62 bits per heavy atom. The molecule has 3 rings (SSSR count). The molecule has 110 valence electrons. The highest BCUT2D eigenvalue weighted by Crippen LogP contribution is 2.30. The largest absolute Gasteiger partial charge is 0.368 e. The van der Waals surface area contributed by atoms with Gasteiger partial charge >= 0.3 is 0 Å².